The van der Waals surface area contributed by atoms with Gasteiger partial charge in [0, 0.05) is 44.1 Å². The van der Waals surface area contributed by atoms with E-state index in [2.05, 4.69) is 25.9 Å². The zero-order chi connectivity index (χ0) is 15.8. The summed E-state index contributed by atoms with van der Waals surface area (Å²) in [6.07, 6.45) is 7.18. The van der Waals surface area contributed by atoms with Crippen LogP contribution in [-0.4, -0.2) is 38.8 Å². The van der Waals surface area contributed by atoms with Crippen molar-refractivity contribution in [1.29, 1.82) is 0 Å². The van der Waals surface area contributed by atoms with Gasteiger partial charge in [-0.15, -0.1) is 0 Å². The molecule has 0 unspecified atom stereocenters. The van der Waals surface area contributed by atoms with Crippen molar-refractivity contribution in [3.8, 4) is 0 Å². The van der Waals surface area contributed by atoms with Crippen LogP contribution in [0.5, 0.6) is 0 Å². The molecule has 0 bridgehead atoms. The third-order valence-electron chi connectivity index (χ3n) is 4.61. The molecule has 1 aliphatic heterocycles. The van der Waals surface area contributed by atoms with Crippen molar-refractivity contribution in [2.75, 3.05) is 23.8 Å². The number of imidazole rings is 1. The first-order valence-electron chi connectivity index (χ1n) is 8.16. The lowest BCUT2D eigenvalue weighted by atomic mass is 10.0. The van der Waals surface area contributed by atoms with Crippen LogP contribution in [0.3, 0.4) is 0 Å². The normalized spacial score (nSPS) is 20.8. The van der Waals surface area contributed by atoms with Crippen LogP contribution in [0.25, 0.3) is 0 Å². The summed E-state index contributed by atoms with van der Waals surface area (Å²) in [6.45, 7) is 2.26. The minimum absolute atomic E-state index is 0.327. The molecule has 2 aromatic rings. The third kappa shape index (κ3) is 3.01. The molecule has 2 aromatic heterocycles. The van der Waals surface area contributed by atoms with Crippen molar-refractivity contribution < 1.29 is 4.74 Å². The number of anilines is 2. The summed E-state index contributed by atoms with van der Waals surface area (Å²) in [7, 11) is 2.02. The molecule has 4 rings (SSSR count). The Labute approximate surface area is 135 Å². The van der Waals surface area contributed by atoms with Gasteiger partial charge in [-0.1, -0.05) is 0 Å². The summed E-state index contributed by atoms with van der Waals surface area (Å²) >= 11 is 0. The molecule has 0 radical (unpaired) electrons. The Kier molecular flexibility index (Phi) is 3.65. The fourth-order valence-electron chi connectivity index (χ4n) is 3.08. The van der Waals surface area contributed by atoms with Crippen molar-refractivity contribution in [1.82, 2.24) is 19.5 Å². The van der Waals surface area contributed by atoms with Gasteiger partial charge in [0.15, 0.2) is 0 Å². The van der Waals surface area contributed by atoms with E-state index in [-0.39, 0.29) is 0 Å². The highest BCUT2D eigenvalue weighted by atomic mass is 16.5. The van der Waals surface area contributed by atoms with Crippen LogP contribution in [0, 0.1) is 0 Å². The van der Waals surface area contributed by atoms with E-state index in [1.807, 2.05) is 24.0 Å². The van der Waals surface area contributed by atoms with Gasteiger partial charge < -0.3 is 19.9 Å². The van der Waals surface area contributed by atoms with Crippen LogP contribution in [0.4, 0.5) is 11.8 Å². The number of ether oxygens (including phenoxy) is 1. The van der Waals surface area contributed by atoms with Gasteiger partial charge >= 0.3 is 0 Å². The van der Waals surface area contributed by atoms with Crippen LogP contribution in [-0.2, 0) is 18.3 Å². The number of aryl methyl sites for hydroxylation is 1. The fourth-order valence-corrected chi connectivity index (χ4v) is 3.08. The van der Waals surface area contributed by atoms with Gasteiger partial charge in [-0.05, 0) is 19.3 Å². The maximum absolute atomic E-state index is 5.98. The Morgan fingerprint density at radius 3 is 2.87 bits per heavy atom. The summed E-state index contributed by atoms with van der Waals surface area (Å²) in [4.78, 5) is 15.7. The number of rotatable bonds is 5. The minimum Gasteiger partial charge on any atom is -0.381 e. The molecule has 2 fully saturated rings. The van der Waals surface area contributed by atoms with Crippen molar-refractivity contribution in [3.05, 3.63) is 30.0 Å². The molecule has 1 atom stereocenters. The zero-order valence-corrected chi connectivity index (χ0v) is 13.4. The summed E-state index contributed by atoms with van der Waals surface area (Å²) in [6, 6.07) is 2.60. The van der Waals surface area contributed by atoms with Gasteiger partial charge in [0.1, 0.15) is 11.6 Å². The Morgan fingerprint density at radius 2 is 2.22 bits per heavy atom. The molecule has 2 aliphatic rings. The van der Waals surface area contributed by atoms with Crippen molar-refractivity contribution in [3.63, 3.8) is 0 Å². The average molecular weight is 314 g/mol. The van der Waals surface area contributed by atoms with Crippen LogP contribution >= 0.6 is 0 Å². The lowest BCUT2D eigenvalue weighted by Gasteiger charge is -2.24. The molecule has 0 spiro atoms. The SMILES string of the molecule is Cn1ccnc1CN(c1cc([C@H]2CCOC2)nc(N)n1)C1CC1. The minimum atomic E-state index is 0.327. The largest absolute Gasteiger partial charge is 0.381 e. The number of hydrogen-bond donors (Lipinski definition) is 1. The highest BCUT2D eigenvalue weighted by Crippen LogP contribution is 2.34. The quantitative estimate of drug-likeness (QED) is 0.900. The predicted octanol–water partition coefficient (Wildman–Crippen LogP) is 1.47. The second-order valence-electron chi connectivity index (χ2n) is 6.38. The van der Waals surface area contributed by atoms with Gasteiger partial charge in [0.05, 0.1) is 18.8 Å². The topological polar surface area (TPSA) is 82.1 Å². The average Bonchev–Trinajstić information content (AvgIpc) is 3.06. The van der Waals surface area contributed by atoms with Crippen molar-refractivity contribution in [2.45, 2.75) is 37.8 Å². The molecular formula is C16H22N6O. The summed E-state index contributed by atoms with van der Waals surface area (Å²) in [5.74, 6) is 2.60. The number of aromatic nitrogens is 4. The molecule has 1 aliphatic carbocycles. The predicted molar refractivity (Wildman–Crippen MR) is 87.0 cm³/mol. The lowest BCUT2D eigenvalue weighted by molar-refractivity contribution is 0.193. The molecule has 7 nitrogen and oxygen atoms in total. The highest BCUT2D eigenvalue weighted by molar-refractivity contribution is 5.46. The molecule has 7 heteroatoms. The molecule has 3 heterocycles. The van der Waals surface area contributed by atoms with Gasteiger partial charge in [0.2, 0.25) is 5.95 Å². The molecule has 0 aromatic carbocycles. The van der Waals surface area contributed by atoms with Crippen LogP contribution < -0.4 is 10.6 Å². The highest BCUT2D eigenvalue weighted by Gasteiger charge is 2.32. The zero-order valence-electron chi connectivity index (χ0n) is 13.4. The maximum atomic E-state index is 5.98. The van der Waals surface area contributed by atoms with Gasteiger partial charge in [-0.2, -0.15) is 4.98 Å². The first kappa shape index (κ1) is 14.4. The number of nitrogen functional groups attached to an aromatic ring is 1. The van der Waals surface area contributed by atoms with E-state index < -0.39 is 0 Å². The Morgan fingerprint density at radius 1 is 1.35 bits per heavy atom. The molecule has 2 N–H and O–H groups in total. The Bertz CT molecular complexity index is 690. The third-order valence-corrected chi connectivity index (χ3v) is 4.61. The van der Waals surface area contributed by atoms with Crippen molar-refractivity contribution in [2.24, 2.45) is 7.05 Å². The number of hydrogen-bond acceptors (Lipinski definition) is 6. The Hall–Kier alpha value is -2.15. The molecular weight excluding hydrogens is 292 g/mol. The smallest absolute Gasteiger partial charge is 0.222 e. The number of nitrogens with two attached hydrogens (primary N) is 1. The summed E-state index contributed by atoms with van der Waals surface area (Å²) in [5, 5.41) is 0. The number of nitrogens with zero attached hydrogens (tertiary/aromatic N) is 5. The van der Waals surface area contributed by atoms with E-state index in [4.69, 9.17) is 10.5 Å². The van der Waals surface area contributed by atoms with Crippen molar-refractivity contribution >= 4 is 11.8 Å². The molecule has 0 amide bonds. The van der Waals surface area contributed by atoms with Crippen LogP contribution in [0.2, 0.25) is 0 Å². The van der Waals surface area contributed by atoms with E-state index in [0.717, 1.165) is 43.5 Å². The van der Waals surface area contributed by atoms with Gasteiger partial charge in [-0.3, -0.25) is 0 Å². The van der Waals surface area contributed by atoms with Gasteiger partial charge in [0.25, 0.3) is 0 Å². The van der Waals surface area contributed by atoms with Crippen LogP contribution in [0.1, 0.15) is 36.7 Å². The second kappa shape index (κ2) is 5.81. The first-order chi connectivity index (χ1) is 11.2. The van der Waals surface area contributed by atoms with E-state index in [9.17, 15) is 0 Å². The van der Waals surface area contributed by atoms with E-state index in [0.29, 0.717) is 17.9 Å². The standard InChI is InChI=1S/C16H22N6O/c1-21-6-5-18-15(21)9-22(12-2-3-12)14-8-13(19-16(17)20-14)11-4-7-23-10-11/h5-6,8,11-12H,2-4,7,9-10H2,1H3,(H2,17,19,20)/t11-/m0/s1. The molecule has 1 saturated carbocycles. The molecule has 23 heavy (non-hydrogen) atoms. The van der Waals surface area contributed by atoms with Crippen LogP contribution in [0.15, 0.2) is 18.5 Å². The Balaban J connectivity index is 1.64. The summed E-state index contributed by atoms with van der Waals surface area (Å²) < 4.78 is 7.53. The van der Waals surface area contributed by atoms with E-state index in [1.165, 1.54) is 12.8 Å². The first-order valence-corrected chi connectivity index (χ1v) is 8.16. The maximum Gasteiger partial charge on any atom is 0.222 e. The fraction of sp³-hybridized carbons (Fsp3) is 0.562. The summed E-state index contributed by atoms with van der Waals surface area (Å²) in [5.41, 5.74) is 6.97. The van der Waals surface area contributed by atoms with E-state index >= 15 is 0 Å². The molecule has 122 valence electrons. The monoisotopic (exact) mass is 314 g/mol. The second-order valence-corrected chi connectivity index (χ2v) is 6.38. The van der Waals surface area contributed by atoms with Gasteiger partial charge in [-0.25, -0.2) is 9.97 Å². The van der Waals surface area contributed by atoms with E-state index in [1.54, 1.807) is 0 Å². The molecule has 1 saturated heterocycles. The lowest BCUT2D eigenvalue weighted by Crippen LogP contribution is -2.28.